The third-order valence-corrected chi connectivity index (χ3v) is 3.31. The van der Waals surface area contributed by atoms with Crippen LogP contribution in [-0.2, 0) is 11.2 Å². The molecule has 2 rings (SSSR count). The van der Waals surface area contributed by atoms with Crippen molar-refractivity contribution >= 4 is 17.7 Å². The van der Waals surface area contributed by atoms with E-state index in [0.29, 0.717) is 18.0 Å². The number of halogens is 1. The van der Waals surface area contributed by atoms with E-state index in [-0.39, 0.29) is 18.2 Å². The smallest absolute Gasteiger partial charge is 0.410 e. The lowest BCUT2D eigenvalue weighted by atomic mass is 10.0. The van der Waals surface area contributed by atoms with Crippen molar-refractivity contribution in [2.45, 2.75) is 18.6 Å². The number of cyclic esters (lactones) is 1. The summed E-state index contributed by atoms with van der Waals surface area (Å²) in [6, 6.07) is 7.46. The van der Waals surface area contributed by atoms with Crippen LogP contribution in [0.15, 0.2) is 24.3 Å². The first-order valence-corrected chi connectivity index (χ1v) is 5.87. The number of likely N-dealkylation sites (N-methyl/N-ethyl adjacent to an activating group) is 1. The molecule has 2 unspecified atom stereocenters. The monoisotopic (exact) mass is 254 g/mol. The minimum absolute atomic E-state index is 0.0572. The standard InChI is InChI=1S/C12H15ClN2O2/c1-15-10(7-14)11(17-12(15)16)6-8-2-4-9(13)5-3-8/h2-5,10-11H,6-7,14H2,1H3. The molecule has 5 heteroatoms. The molecule has 1 aromatic rings. The number of nitrogens with zero attached hydrogens (tertiary/aromatic N) is 1. The van der Waals surface area contributed by atoms with Crippen molar-refractivity contribution in [3.8, 4) is 0 Å². The lowest BCUT2D eigenvalue weighted by Crippen LogP contribution is -2.40. The number of ether oxygens (including phenoxy) is 1. The predicted molar refractivity (Wildman–Crippen MR) is 66.0 cm³/mol. The fourth-order valence-electron chi connectivity index (χ4n) is 2.02. The van der Waals surface area contributed by atoms with Gasteiger partial charge >= 0.3 is 6.09 Å². The molecule has 1 fully saturated rings. The summed E-state index contributed by atoms with van der Waals surface area (Å²) in [4.78, 5) is 13.0. The van der Waals surface area contributed by atoms with Gasteiger partial charge in [0.2, 0.25) is 0 Å². The van der Waals surface area contributed by atoms with E-state index in [9.17, 15) is 4.79 Å². The van der Waals surface area contributed by atoms with Gasteiger partial charge in [-0.15, -0.1) is 0 Å². The third kappa shape index (κ3) is 2.53. The van der Waals surface area contributed by atoms with E-state index in [1.165, 1.54) is 0 Å². The SMILES string of the molecule is CN1C(=O)OC(Cc2ccc(Cl)cc2)C1CN. The molecule has 1 amide bonds. The van der Waals surface area contributed by atoms with Gasteiger partial charge in [0.25, 0.3) is 0 Å². The van der Waals surface area contributed by atoms with Crippen LogP contribution in [0.25, 0.3) is 0 Å². The largest absolute Gasteiger partial charge is 0.443 e. The second-order valence-corrected chi connectivity index (χ2v) is 4.60. The second-order valence-electron chi connectivity index (χ2n) is 4.17. The summed E-state index contributed by atoms with van der Waals surface area (Å²) in [7, 11) is 1.71. The highest BCUT2D eigenvalue weighted by Gasteiger charge is 2.38. The Morgan fingerprint density at radius 3 is 2.65 bits per heavy atom. The Bertz CT molecular complexity index is 407. The molecule has 17 heavy (non-hydrogen) atoms. The molecule has 0 aliphatic carbocycles. The van der Waals surface area contributed by atoms with Gasteiger partial charge in [0.15, 0.2) is 0 Å². The summed E-state index contributed by atoms with van der Waals surface area (Å²) >= 11 is 5.82. The highest BCUT2D eigenvalue weighted by molar-refractivity contribution is 6.30. The topological polar surface area (TPSA) is 55.6 Å². The van der Waals surface area contributed by atoms with E-state index in [0.717, 1.165) is 5.56 Å². The van der Waals surface area contributed by atoms with Crippen molar-refractivity contribution in [1.29, 1.82) is 0 Å². The van der Waals surface area contributed by atoms with Crippen LogP contribution in [0.1, 0.15) is 5.56 Å². The van der Waals surface area contributed by atoms with Crippen LogP contribution >= 0.6 is 11.6 Å². The summed E-state index contributed by atoms with van der Waals surface area (Å²) in [5.74, 6) is 0. The molecule has 0 radical (unpaired) electrons. The molecule has 4 nitrogen and oxygen atoms in total. The van der Waals surface area contributed by atoms with Crippen LogP contribution in [0.2, 0.25) is 5.02 Å². The highest BCUT2D eigenvalue weighted by atomic mass is 35.5. The predicted octanol–water partition coefficient (Wildman–Crippen LogP) is 1.66. The van der Waals surface area contributed by atoms with Crippen LogP contribution in [0.3, 0.4) is 0 Å². The van der Waals surface area contributed by atoms with Crippen LogP contribution in [-0.4, -0.2) is 36.7 Å². The van der Waals surface area contributed by atoms with Crippen molar-refractivity contribution in [1.82, 2.24) is 4.90 Å². The Labute approximate surface area is 105 Å². The lowest BCUT2D eigenvalue weighted by Gasteiger charge is -2.19. The zero-order valence-corrected chi connectivity index (χ0v) is 10.4. The first kappa shape index (κ1) is 12.2. The first-order valence-electron chi connectivity index (χ1n) is 5.49. The minimum Gasteiger partial charge on any atom is -0.443 e. The van der Waals surface area contributed by atoms with Crippen LogP contribution in [0.4, 0.5) is 4.79 Å². The first-order chi connectivity index (χ1) is 8.11. The number of hydrogen-bond donors (Lipinski definition) is 1. The van der Waals surface area contributed by atoms with Gasteiger partial charge in [-0.05, 0) is 17.7 Å². The van der Waals surface area contributed by atoms with Crippen LogP contribution in [0, 0.1) is 0 Å². The molecule has 1 saturated heterocycles. The lowest BCUT2D eigenvalue weighted by molar-refractivity contribution is 0.130. The number of nitrogens with two attached hydrogens (primary N) is 1. The van der Waals surface area contributed by atoms with Crippen molar-refractivity contribution in [2.75, 3.05) is 13.6 Å². The Kier molecular flexibility index (Phi) is 3.54. The molecule has 0 bridgehead atoms. The van der Waals surface area contributed by atoms with Gasteiger partial charge < -0.3 is 15.4 Å². The normalized spacial score (nSPS) is 23.9. The van der Waals surface area contributed by atoms with E-state index in [1.807, 2.05) is 24.3 Å². The molecule has 0 spiro atoms. The van der Waals surface area contributed by atoms with Gasteiger partial charge in [-0.1, -0.05) is 23.7 Å². The van der Waals surface area contributed by atoms with E-state index in [2.05, 4.69) is 0 Å². The Morgan fingerprint density at radius 1 is 1.41 bits per heavy atom. The molecule has 0 saturated carbocycles. The number of benzene rings is 1. The summed E-state index contributed by atoms with van der Waals surface area (Å²) < 4.78 is 5.29. The van der Waals surface area contributed by atoms with Crippen molar-refractivity contribution in [2.24, 2.45) is 5.73 Å². The van der Waals surface area contributed by atoms with Crippen molar-refractivity contribution in [3.63, 3.8) is 0 Å². The highest BCUT2D eigenvalue weighted by Crippen LogP contribution is 2.21. The van der Waals surface area contributed by atoms with Crippen LogP contribution in [0.5, 0.6) is 0 Å². The number of hydrogen-bond acceptors (Lipinski definition) is 3. The van der Waals surface area contributed by atoms with Gasteiger partial charge in [0.05, 0.1) is 6.04 Å². The maximum Gasteiger partial charge on any atom is 0.410 e. The van der Waals surface area contributed by atoms with E-state index < -0.39 is 0 Å². The van der Waals surface area contributed by atoms with Crippen molar-refractivity contribution < 1.29 is 9.53 Å². The Hall–Kier alpha value is -1.26. The Morgan fingerprint density at radius 2 is 2.06 bits per heavy atom. The quantitative estimate of drug-likeness (QED) is 0.893. The Balaban J connectivity index is 2.08. The number of rotatable bonds is 3. The molecule has 1 aromatic carbocycles. The maximum atomic E-state index is 11.4. The molecular formula is C12H15ClN2O2. The molecule has 1 aliphatic rings. The fourth-order valence-corrected chi connectivity index (χ4v) is 2.14. The molecule has 1 heterocycles. The summed E-state index contributed by atoms with van der Waals surface area (Å²) in [6.07, 6.45) is 0.174. The molecular weight excluding hydrogens is 240 g/mol. The van der Waals surface area contributed by atoms with Gasteiger partial charge in [0, 0.05) is 25.0 Å². The molecule has 2 N–H and O–H groups in total. The van der Waals surface area contributed by atoms with E-state index >= 15 is 0 Å². The average molecular weight is 255 g/mol. The van der Waals surface area contributed by atoms with Gasteiger partial charge in [0.1, 0.15) is 6.10 Å². The fraction of sp³-hybridized carbons (Fsp3) is 0.417. The van der Waals surface area contributed by atoms with Gasteiger partial charge in [-0.3, -0.25) is 0 Å². The van der Waals surface area contributed by atoms with Gasteiger partial charge in [-0.2, -0.15) is 0 Å². The summed E-state index contributed by atoms with van der Waals surface area (Å²) in [6.45, 7) is 0.403. The summed E-state index contributed by atoms with van der Waals surface area (Å²) in [5.41, 5.74) is 6.74. The third-order valence-electron chi connectivity index (χ3n) is 3.06. The van der Waals surface area contributed by atoms with E-state index in [1.54, 1.807) is 11.9 Å². The second kappa shape index (κ2) is 4.94. The van der Waals surface area contributed by atoms with E-state index in [4.69, 9.17) is 22.1 Å². The molecule has 1 aliphatic heterocycles. The van der Waals surface area contributed by atoms with Crippen molar-refractivity contribution in [3.05, 3.63) is 34.9 Å². The number of carbonyl (C=O) groups is 1. The maximum absolute atomic E-state index is 11.4. The zero-order valence-electron chi connectivity index (χ0n) is 9.60. The molecule has 0 aromatic heterocycles. The van der Waals surface area contributed by atoms with Gasteiger partial charge in [-0.25, -0.2) is 4.79 Å². The average Bonchev–Trinajstić information content (AvgIpc) is 2.58. The van der Waals surface area contributed by atoms with Crippen LogP contribution < -0.4 is 5.73 Å². The minimum atomic E-state index is -0.306. The molecule has 2 atom stereocenters. The number of carbonyl (C=O) groups excluding carboxylic acids is 1. The zero-order chi connectivity index (χ0) is 12.4. The molecule has 92 valence electrons. The number of amides is 1. The summed E-state index contributed by atoms with van der Waals surface area (Å²) in [5, 5.41) is 0.699.